The lowest BCUT2D eigenvalue weighted by Gasteiger charge is -2.26. The summed E-state index contributed by atoms with van der Waals surface area (Å²) in [4.78, 5) is 14.3. The lowest BCUT2D eigenvalue weighted by molar-refractivity contribution is 0.0600. The van der Waals surface area contributed by atoms with Crippen molar-refractivity contribution in [3.05, 3.63) is 64.7 Å². The van der Waals surface area contributed by atoms with Crippen molar-refractivity contribution in [3.8, 4) is 0 Å². The molecule has 2 aromatic rings. The predicted molar refractivity (Wildman–Crippen MR) is 112 cm³/mol. The van der Waals surface area contributed by atoms with E-state index in [1.54, 1.807) is 19.1 Å². The van der Waals surface area contributed by atoms with Gasteiger partial charge in [-0.1, -0.05) is 36.8 Å². The molecule has 2 aromatic carbocycles. The van der Waals surface area contributed by atoms with Gasteiger partial charge in [0.2, 0.25) is 10.0 Å². The van der Waals surface area contributed by atoms with Gasteiger partial charge in [0.25, 0.3) is 0 Å². The number of carbonyl (C=O) groups is 1. The molecule has 29 heavy (non-hydrogen) atoms. The molecular weight excluding hydrogens is 388 g/mol. The normalized spacial score (nSPS) is 15.2. The van der Waals surface area contributed by atoms with Gasteiger partial charge in [-0.25, -0.2) is 17.9 Å². The van der Waals surface area contributed by atoms with E-state index in [1.165, 1.54) is 38.0 Å². The number of hydrogen-bond donors (Lipinski definition) is 1. The molecule has 0 atom stereocenters. The van der Waals surface area contributed by atoms with E-state index < -0.39 is 16.0 Å². The van der Waals surface area contributed by atoms with Gasteiger partial charge < -0.3 is 4.74 Å². The van der Waals surface area contributed by atoms with E-state index in [9.17, 15) is 13.2 Å². The van der Waals surface area contributed by atoms with Gasteiger partial charge in [-0.15, -0.1) is 0 Å². The first-order chi connectivity index (χ1) is 13.9. The number of nitrogens with one attached hydrogen (secondary N) is 1. The highest BCUT2D eigenvalue weighted by molar-refractivity contribution is 7.89. The number of sulfonamides is 1. The first-order valence-electron chi connectivity index (χ1n) is 9.88. The maximum Gasteiger partial charge on any atom is 0.337 e. The van der Waals surface area contributed by atoms with Gasteiger partial charge in [-0.3, -0.25) is 4.90 Å². The summed E-state index contributed by atoms with van der Waals surface area (Å²) < 4.78 is 33.0. The first-order valence-corrected chi connectivity index (χ1v) is 11.4. The Morgan fingerprint density at radius 1 is 1.07 bits per heavy atom. The van der Waals surface area contributed by atoms with Crippen LogP contribution in [0.1, 0.15) is 46.3 Å². The Hall–Kier alpha value is -2.22. The topological polar surface area (TPSA) is 75.7 Å². The van der Waals surface area contributed by atoms with Crippen LogP contribution in [0, 0.1) is 6.92 Å². The Labute approximate surface area is 172 Å². The van der Waals surface area contributed by atoms with Crippen LogP contribution in [0.2, 0.25) is 0 Å². The van der Waals surface area contributed by atoms with Crippen LogP contribution in [0.25, 0.3) is 0 Å². The second-order valence-corrected chi connectivity index (χ2v) is 9.19. The van der Waals surface area contributed by atoms with Crippen LogP contribution in [0.5, 0.6) is 0 Å². The van der Waals surface area contributed by atoms with Gasteiger partial charge in [-0.05, 0) is 61.7 Å². The molecule has 0 aromatic heterocycles. The van der Waals surface area contributed by atoms with Gasteiger partial charge in [0.1, 0.15) is 0 Å². The third-order valence-electron chi connectivity index (χ3n) is 5.21. The number of hydrogen-bond acceptors (Lipinski definition) is 5. The fraction of sp³-hybridized carbons (Fsp3) is 0.409. The number of carbonyl (C=O) groups excluding carboxylic acids is 1. The average molecular weight is 417 g/mol. The molecule has 1 aliphatic heterocycles. The van der Waals surface area contributed by atoms with Crippen molar-refractivity contribution in [1.82, 2.24) is 9.62 Å². The van der Waals surface area contributed by atoms with E-state index in [1.807, 2.05) is 12.1 Å². The molecule has 0 radical (unpaired) electrons. The summed E-state index contributed by atoms with van der Waals surface area (Å²) in [6.07, 6.45) is 3.78. The molecule has 7 heteroatoms. The zero-order valence-corrected chi connectivity index (χ0v) is 17.8. The van der Waals surface area contributed by atoms with Gasteiger partial charge in [-0.2, -0.15) is 0 Å². The molecule has 0 unspecified atom stereocenters. The smallest absolute Gasteiger partial charge is 0.337 e. The molecule has 6 nitrogen and oxygen atoms in total. The standard InChI is InChI=1S/C22H28N2O4S/c1-17-9-10-20(22(25)28-2)14-21(17)29(26,27)23-15-18-7-6-8-19(13-18)16-24-11-4-3-5-12-24/h6-10,13-14,23H,3-5,11-12,15-16H2,1-2H3. The quantitative estimate of drug-likeness (QED) is 0.702. The molecule has 0 saturated carbocycles. The number of piperidine rings is 1. The molecule has 0 bridgehead atoms. The number of rotatable bonds is 7. The maximum absolute atomic E-state index is 12.8. The Morgan fingerprint density at radius 3 is 2.52 bits per heavy atom. The van der Waals surface area contributed by atoms with E-state index in [4.69, 9.17) is 4.74 Å². The highest BCUT2D eigenvalue weighted by Gasteiger charge is 2.19. The van der Waals surface area contributed by atoms with E-state index in [-0.39, 0.29) is 17.0 Å². The number of ether oxygens (including phenoxy) is 1. The van der Waals surface area contributed by atoms with Crippen molar-refractivity contribution in [3.63, 3.8) is 0 Å². The summed E-state index contributed by atoms with van der Waals surface area (Å²) in [7, 11) is -2.49. The number of aryl methyl sites for hydroxylation is 1. The Bertz CT molecular complexity index is 967. The number of methoxy groups -OCH3 is 1. The fourth-order valence-electron chi connectivity index (χ4n) is 3.60. The number of likely N-dealkylation sites (tertiary alicyclic amines) is 1. The molecule has 1 fully saturated rings. The number of esters is 1. The van der Waals surface area contributed by atoms with E-state index in [0.717, 1.165) is 25.2 Å². The average Bonchev–Trinajstić information content (AvgIpc) is 2.73. The van der Waals surface area contributed by atoms with E-state index in [0.29, 0.717) is 5.56 Å². The Kier molecular flexibility index (Phi) is 7.05. The number of benzene rings is 2. The van der Waals surface area contributed by atoms with Crippen molar-refractivity contribution in [1.29, 1.82) is 0 Å². The second kappa shape index (κ2) is 9.52. The molecule has 1 heterocycles. The summed E-state index contributed by atoms with van der Waals surface area (Å²) >= 11 is 0. The maximum atomic E-state index is 12.8. The highest BCUT2D eigenvalue weighted by Crippen LogP contribution is 2.19. The lowest BCUT2D eigenvalue weighted by atomic mass is 10.1. The summed E-state index contributed by atoms with van der Waals surface area (Å²) in [5.41, 5.74) is 2.88. The van der Waals surface area contributed by atoms with Crippen LogP contribution in [0.4, 0.5) is 0 Å². The van der Waals surface area contributed by atoms with Crippen LogP contribution in [0.3, 0.4) is 0 Å². The Balaban J connectivity index is 1.70. The third kappa shape index (κ3) is 5.65. The van der Waals surface area contributed by atoms with Crippen molar-refractivity contribution in [2.45, 2.75) is 44.2 Å². The summed E-state index contributed by atoms with van der Waals surface area (Å²) in [6, 6.07) is 12.5. The molecule has 3 rings (SSSR count). The molecule has 0 aliphatic carbocycles. The van der Waals surface area contributed by atoms with Crippen molar-refractivity contribution in [2.24, 2.45) is 0 Å². The van der Waals surface area contributed by atoms with Gasteiger partial charge in [0.05, 0.1) is 17.6 Å². The molecule has 0 amide bonds. The van der Waals surface area contributed by atoms with Crippen LogP contribution < -0.4 is 4.72 Å². The van der Waals surface area contributed by atoms with Gasteiger partial charge >= 0.3 is 5.97 Å². The van der Waals surface area contributed by atoms with Crippen molar-refractivity contribution >= 4 is 16.0 Å². The minimum Gasteiger partial charge on any atom is -0.465 e. The molecule has 1 N–H and O–H groups in total. The lowest BCUT2D eigenvalue weighted by Crippen LogP contribution is -2.29. The minimum atomic E-state index is -3.76. The van der Waals surface area contributed by atoms with Crippen molar-refractivity contribution in [2.75, 3.05) is 20.2 Å². The zero-order valence-electron chi connectivity index (χ0n) is 17.0. The Morgan fingerprint density at radius 2 is 1.79 bits per heavy atom. The fourth-order valence-corrected chi connectivity index (χ4v) is 4.89. The monoisotopic (exact) mass is 416 g/mol. The molecule has 156 valence electrons. The zero-order chi connectivity index (χ0) is 20.9. The molecular formula is C22H28N2O4S. The van der Waals surface area contributed by atoms with Crippen LogP contribution in [0.15, 0.2) is 47.4 Å². The van der Waals surface area contributed by atoms with Gasteiger partial charge in [0.15, 0.2) is 0 Å². The van der Waals surface area contributed by atoms with Crippen LogP contribution in [-0.4, -0.2) is 39.5 Å². The molecule has 1 saturated heterocycles. The SMILES string of the molecule is COC(=O)c1ccc(C)c(S(=O)(=O)NCc2cccc(CN3CCCCC3)c2)c1. The summed E-state index contributed by atoms with van der Waals surface area (Å²) in [6.45, 7) is 5.02. The molecule has 0 spiro atoms. The second-order valence-electron chi connectivity index (χ2n) is 7.45. The first kappa shape index (κ1) is 21.5. The van der Waals surface area contributed by atoms with Gasteiger partial charge in [0, 0.05) is 13.1 Å². The molecule has 1 aliphatic rings. The van der Waals surface area contributed by atoms with Crippen LogP contribution >= 0.6 is 0 Å². The predicted octanol–water partition coefficient (Wildman–Crippen LogP) is 3.25. The van der Waals surface area contributed by atoms with E-state index in [2.05, 4.69) is 21.8 Å². The highest BCUT2D eigenvalue weighted by atomic mass is 32.2. The largest absolute Gasteiger partial charge is 0.465 e. The summed E-state index contributed by atoms with van der Waals surface area (Å²) in [5.74, 6) is -0.563. The van der Waals surface area contributed by atoms with E-state index >= 15 is 0 Å². The number of nitrogens with zero attached hydrogens (tertiary/aromatic N) is 1. The van der Waals surface area contributed by atoms with Crippen molar-refractivity contribution < 1.29 is 17.9 Å². The van der Waals surface area contributed by atoms with Crippen LogP contribution in [-0.2, 0) is 27.8 Å². The summed E-state index contributed by atoms with van der Waals surface area (Å²) in [5, 5.41) is 0. The third-order valence-corrected chi connectivity index (χ3v) is 6.75. The minimum absolute atomic E-state index is 0.0878.